The van der Waals surface area contributed by atoms with Gasteiger partial charge in [0, 0.05) is 11.3 Å². The second-order valence-electron chi connectivity index (χ2n) is 9.12. The first-order chi connectivity index (χ1) is 16.3. The molecule has 2 N–H and O–H groups in total. The molecule has 1 aliphatic carbocycles. The van der Waals surface area contributed by atoms with Gasteiger partial charge >= 0.3 is 0 Å². The summed E-state index contributed by atoms with van der Waals surface area (Å²) in [6.45, 7) is 5.71. The minimum Gasteiger partial charge on any atom is -0.345 e. The molecule has 3 aromatic carbocycles. The molecule has 178 valence electrons. The molecule has 6 heteroatoms. The van der Waals surface area contributed by atoms with Crippen molar-refractivity contribution in [3.63, 3.8) is 0 Å². The maximum Gasteiger partial charge on any atom is 0.262 e. The van der Waals surface area contributed by atoms with Crippen LogP contribution in [0.4, 0.5) is 5.69 Å². The number of hydrogen-bond acceptors (Lipinski definition) is 3. The van der Waals surface area contributed by atoms with Gasteiger partial charge in [-0.25, -0.2) is 8.42 Å². The number of rotatable bonds is 7. The van der Waals surface area contributed by atoms with E-state index in [1.54, 1.807) is 31.2 Å². The molecule has 1 amide bonds. The summed E-state index contributed by atoms with van der Waals surface area (Å²) in [5, 5.41) is 3.11. The van der Waals surface area contributed by atoms with Gasteiger partial charge in [0.05, 0.1) is 10.9 Å². The Labute approximate surface area is 202 Å². The highest BCUT2D eigenvalue weighted by molar-refractivity contribution is 7.92. The second kappa shape index (κ2) is 10.0. The van der Waals surface area contributed by atoms with Crippen molar-refractivity contribution < 1.29 is 13.2 Å². The largest absolute Gasteiger partial charge is 0.345 e. The van der Waals surface area contributed by atoms with Crippen LogP contribution in [-0.2, 0) is 22.9 Å². The van der Waals surface area contributed by atoms with Gasteiger partial charge in [-0.2, -0.15) is 0 Å². The van der Waals surface area contributed by atoms with E-state index in [0.29, 0.717) is 16.8 Å². The number of carbonyl (C=O) groups excluding carboxylic acids is 1. The molecule has 0 aromatic heterocycles. The smallest absolute Gasteiger partial charge is 0.262 e. The summed E-state index contributed by atoms with van der Waals surface area (Å²) in [4.78, 5) is 13.2. The third-order valence-corrected chi connectivity index (χ3v) is 8.06. The zero-order valence-corrected chi connectivity index (χ0v) is 20.8. The van der Waals surface area contributed by atoms with Gasteiger partial charge in [0.15, 0.2) is 0 Å². The maximum absolute atomic E-state index is 13.1. The van der Waals surface area contributed by atoms with Crippen LogP contribution >= 0.6 is 0 Å². The molecule has 0 radical (unpaired) electrons. The lowest BCUT2D eigenvalue weighted by Crippen LogP contribution is -2.28. The van der Waals surface area contributed by atoms with Crippen molar-refractivity contribution >= 4 is 21.6 Å². The fourth-order valence-corrected chi connectivity index (χ4v) is 5.83. The Balaban J connectivity index is 1.55. The first-order valence-electron chi connectivity index (χ1n) is 11.9. The Hall–Kier alpha value is -3.12. The first kappa shape index (κ1) is 24.0. The molecule has 0 aliphatic heterocycles. The Kier molecular flexibility index (Phi) is 7.08. The van der Waals surface area contributed by atoms with E-state index in [1.807, 2.05) is 26.0 Å². The monoisotopic (exact) mass is 476 g/mol. The first-order valence-corrected chi connectivity index (χ1v) is 13.4. The quantitative estimate of drug-likeness (QED) is 0.448. The number of nitrogens with one attached hydrogen (secondary N) is 2. The molecule has 5 nitrogen and oxygen atoms in total. The highest BCUT2D eigenvalue weighted by Gasteiger charge is 2.21. The molecule has 34 heavy (non-hydrogen) atoms. The van der Waals surface area contributed by atoms with Crippen molar-refractivity contribution in [3.8, 4) is 0 Å². The molecular formula is C28H32N2O3S. The van der Waals surface area contributed by atoms with Crippen LogP contribution in [0.2, 0.25) is 0 Å². The lowest BCUT2D eigenvalue weighted by Gasteiger charge is -2.22. The van der Waals surface area contributed by atoms with Crippen molar-refractivity contribution in [2.24, 2.45) is 0 Å². The molecule has 0 unspecified atom stereocenters. The summed E-state index contributed by atoms with van der Waals surface area (Å²) in [5.74, 6) is -0.281. The van der Waals surface area contributed by atoms with E-state index >= 15 is 0 Å². The SMILES string of the molecule is CC[C@H](NC(=O)c1ccc(C)c(S(=O)(=O)Nc2ccc(C)cc2)c1)c1ccc2c(c1)CCCC2. The number of anilines is 1. The van der Waals surface area contributed by atoms with Crippen LogP contribution in [0, 0.1) is 13.8 Å². The average Bonchev–Trinajstić information content (AvgIpc) is 2.83. The van der Waals surface area contributed by atoms with Gasteiger partial charge in [0.1, 0.15) is 0 Å². The van der Waals surface area contributed by atoms with Crippen LogP contribution in [-0.4, -0.2) is 14.3 Å². The lowest BCUT2D eigenvalue weighted by atomic mass is 9.88. The van der Waals surface area contributed by atoms with Gasteiger partial charge in [-0.1, -0.05) is 48.9 Å². The summed E-state index contributed by atoms with van der Waals surface area (Å²) in [6, 6.07) is 18.3. The molecule has 1 aliphatic rings. The number of fused-ring (bicyclic) bond motifs is 1. The van der Waals surface area contributed by atoms with Crippen molar-refractivity contribution in [2.75, 3.05) is 4.72 Å². The highest BCUT2D eigenvalue weighted by Crippen LogP contribution is 2.27. The summed E-state index contributed by atoms with van der Waals surface area (Å²) in [6.07, 6.45) is 5.39. The Bertz CT molecular complexity index is 1300. The van der Waals surface area contributed by atoms with E-state index < -0.39 is 10.0 Å². The maximum atomic E-state index is 13.1. The zero-order chi connectivity index (χ0) is 24.3. The van der Waals surface area contributed by atoms with Gasteiger partial charge in [-0.05, 0) is 92.5 Å². The number of aryl methyl sites for hydroxylation is 4. The van der Waals surface area contributed by atoms with Gasteiger partial charge < -0.3 is 5.32 Å². The average molecular weight is 477 g/mol. The van der Waals surface area contributed by atoms with Crippen molar-refractivity contribution in [1.29, 1.82) is 0 Å². The van der Waals surface area contributed by atoms with E-state index in [-0.39, 0.29) is 16.8 Å². The summed E-state index contributed by atoms with van der Waals surface area (Å²) in [7, 11) is -3.84. The molecule has 3 aromatic rings. The van der Waals surface area contributed by atoms with Crippen molar-refractivity contribution in [2.45, 2.75) is 63.8 Å². The molecular weight excluding hydrogens is 444 g/mol. The number of benzene rings is 3. The normalized spacial score (nSPS) is 14.2. The van der Waals surface area contributed by atoms with E-state index in [2.05, 4.69) is 28.2 Å². The summed E-state index contributed by atoms with van der Waals surface area (Å²) >= 11 is 0. The van der Waals surface area contributed by atoms with Crippen LogP contribution in [0.15, 0.2) is 65.6 Å². The van der Waals surface area contributed by atoms with Gasteiger partial charge in [-0.15, -0.1) is 0 Å². The van der Waals surface area contributed by atoms with E-state index in [1.165, 1.54) is 30.0 Å². The Morgan fingerprint density at radius 2 is 1.62 bits per heavy atom. The van der Waals surface area contributed by atoms with Gasteiger partial charge in [0.2, 0.25) is 0 Å². The van der Waals surface area contributed by atoms with Crippen LogP contribution in [0.5, 0.6) is 0 Å². The van der Waals surface area contributed by atoms with Gasteiger partial charge in [0.25, 0.3) is 15.9 Å². The second-order valence-corrected chi connectivity index (χ2v) is 10.8. The molecule has 0 spiro atoms. The third-order valence-electron chi connectivity index (χ3n) is 6.53. The Morgan fingerprint density at radius 3 is 2.32 bits per heavy atom. The van der Waals surface area contributed by atoms with Crippen molar-refractivity contribution in [3.05, 3.63) is 94.0 Å². The molecule has 4 rings (SSSR count). The standard InChI is InChI=1S/C28H32N2O3S/c1-4-26(23-14-13-21-7-5-6-8-22(21)17-23)29-28(31)24-12-11-20(3)27(18-24)34(32,33)30-25-15-9-19(2)10-16-25/h9-18,26,30H,4-8H2,1-3H3,(H,29,31)/t26-/m0/s1. The predicted octanol–water partition coefficient (Wildman–Crippen LogP) is 5.86. The minimum atomic E-state index is -3.84. The topological polar surface area (TPSA) is 75.3 Å². The molecule has 0 saturated carbocycles. The number of hydrogen-bond donors (Lipinski definition) is 2. The molecule has 0 saturated heterocycles. The zero-order valence-electron chi connectivity index (χ0n) is 20.0. The molecule has 1 atom stereocenters. The number of sulfonamides is 1. The molecule has 0 heterocycles. The van der Waals surface area contributed by atoms with Crippen molar-refractivity contribution in [1.82, 2.24) is 5.32 Å². The fourth-order valence-electron chi connectivity index (χ4n) is 4.50. The van der Waals surface area contributed by atoms with Crippen LogP contribution < -0.4 is 10.0 Å². The number of amides is 1. The van der Waals surface area contributed by atoms with Crippen LogP contribution in [0.1, 0.15) is 70.4 Å². The molecule has 0 bridgehead atoms. The summed E-state index contributed by atoms with van der Waals surface area (Å²) in [5.41, 5.74) is 6.31. The highest BCUT2D eigenvalue weighted by atomic mass is 32.2. The summed E-state index contributed by atoms with van der Waals surface area (Å²) < 4.78 is 28.8. The molecule has 0 fully saturated rings. The van der Waals surface area contributed by atoms with Gasteiger partial charge in [-0.3, -0.25) is 9.52 Å². The van der Waals surface area contributed by atoms with Crippen LogP contribution in [0.25, 0.3) is 0 Å². The van der Waals surface area contributed by atoms with E-state index in [9.17, 15) is 13.2 Å². The van der Waals surface area contributed by atoms with E-state index in [4.69, 9.17) is 0 Å². The minimum absolute atomic E-state index is 0.0996. The van der Waals surface area contributed by atoms with Crippen LogP contribution in [0.3, 0.4) is 0 Å². The fraction of sp³-hybridized carbons (Fsp3) is 0.321. The number of carbonyl (C=O) groups is 1. The third kappa shape index (κ3) is 5.33. The predicted molar refractivity (Wildman–Crippen MR) is 137 cm³/mol. The Morgan fingerprint density at radius 1 is 0.912 bits per heavy atom. The van der Waals surface area contributed by atoms with E-state index in [0.717, 1.165) is 30.4 Å². The lowest BCUT2D eigenvalue weighted by molar-refractivity contribution is 0.0935.